The maximum Gasteiger partial charge on any atom is 0.335 e. The molecule has 0 aliphatic rings. The first-order valence-corrected chi connectivity index (χ1v) is 11.2. The number of benzene rings is 1. The van der Waals surface area contributed by atoms with Crippen molar-refractivity contribution >= 4 is 5.97 Å². The van der Waals surface area contributed by atoms with Gasteiger partial charge in [-0.1, -0.05) is 6.07 Å². The number of aliphatic hydroxyl groups excluding tert-OH is 1. The molecule has 0 aromatic heterocycles. The van der Waals surface area contributed by atoms with Gasteiger partial charge in [-0.15, -0.1) is 0 Å². The molecule has 190 valence electrons. The van der Waals surface area contributed by atoms with Gasteiger partial charge in [-0.05, 0) is 30.5 Å². The van der Waals surface area contributed by atoms with Crippen molar-refractivity contribution in [2.45, 2.75) is 12.8 Å². The molecular weight excluding hydrogens is 436 g/mol. The highest BCUT2D eigenvalue weighted by atomic mass is 16.6. The van der Waals surface area contributed by atoms with E-state index in [2.05, 4.69) is 0 Å². The summed E-state index contributed by atoms with van der Waals surface area (Å²) >= 11 is 0. The lowest BCUT2D eigenvalue weighted by Gasteiger charge is -2.12. The molecule has 0 atom stereocenters. The lowest BCUT2D eigenvalue weighted by atomic mass is 10.1. The Bertz CT molecular complexity index is 611. The van der Waals surface area contributed by atoms with Crippen LogP contribution in [0.5, 0.6) is 5.75 Å². The van der Waals surface area contributed by atoms with E-state index < -0.39 is 5.97 Å². The monoisotopic (exact) mass is 474 g/mol. The highest BCUT2D eigenvalue weighted by molar-refractivity contribution is 5.88. The maximum absolute atomic E-state index is 11.2. The standard InChI is InChI=1S/C23H38O10/c1-27-7-8-28-9-10-29-11-12-30-13-14-31-15-16-32-17-18-33-22-19-21(23(25)26)5-4-20(22)3-2-6-24/h4-5,19,24H,2-3,6-18H2,1H3,(H,25,26). The van der Waals surface area contributed by atoms with Gasteiger partial charge in [0, 0.05) is 13.7 Å². The summed E-state index contributed by atoms with van der Waals surface area (Å²) in [6, 6.07) is 4.75. The van der Waals surface area contributed by atoms with Crippen molar-refractivity contribution in [2.75, 3.05) is 93.0 Å². The third-order valence-corrected chi connectivity index (χ3v) is 4.32. The number of carbonyl (C=O) groups is 1. The second kappa shape index (κ2) is 20.8. The molecule has 2 N–H and O–H groups in total. The molecule has 1 rings (SSSR count). The molecule has 0 bridgehead atoms. The molecule has 0 amide bonds. The zero-order valence-electron chi connectivity index (χ0n) is 19.5. The summed E-state index contributed by atoms with van der Waals surface area (Å²) in [7, 11) is 1.63. The van der Waals surface area contributed by atoms with Gasteiger partial charge in [-0.25, -0.2) is 4.79 Å². The largest absolute Gasteiger partial charge is 0.491 e. The van der Waals surface area contributed by atoms with Gasteiger partial charge in [-0.3, -0.25) is 0 Å². The molecule has 0 fully saturated rings. The first-order chi connectivity index (χ1) is 16.2. The number of aliphatic hydroxyl groups is 1. The SMILES string of the molecule is COCCOCCOCCOCCOCCOCCOc1cc(C(=O)O)ccc1CCCO. The molecule has 10 heteroatoms. The summed E-state index contributed by atoms with van der Waals surface area (Å²) in [6.45, 7) is 5.73. The fourth-order valence-corrected chi connectivity index (χ4v) is 2.63. The van der Waals surface area contributed by atoms with Crippen molar-refractivity contribution in [3.8, 4) is 5.75 Å². The summed E-state index contributed by atoms with van der Waals surface area (Å²) in [5.41, 5.74) is 1.02. The third kappa shape index (κ3) is 15.6. The lowest BCUT2D eigenvalue weighted by molar-refractivity contribution is -0.0159. The van der Waals surface area contributed by atoms with Crippen LogP contribution in [0.2, 0.25) is 0 Å². The fourth-order valence-electron chi connectivity index (χ4n) is 2.63. The quantitative estimate of drug-likeness (QED) is 0.225. The van der Waals surface area contributed by atoms with E-state index in [1.807, 2.05) is 0 Å². The predicted molar refractivity (Wildman–Crippen MR) is 120 cm³/mol. The number of methoxy groups -OCH3 is 1. The highest BCUT2D eigenvalue weighted by Gasteiger charge is 2.09. The van der Waals surface area contributed by atoms with E-state index in [-0.39, 0.29) is 18.8 Å². The second-order valence-corrected chi connectivity index (χ2v) is 6.86. The Hall–Kier alpha value is -1.79. The first kappa shape index (κ1) is 29.2. The van der Waals surface area contributed by atoms with Crippen LogP contribution in [-0.4, -0.2) is 109 Å². The van der Waals surface area contributed by atoms with E-state index in [9.17, 15) is 4.79 Å². The van der Waals surface area contributed by atoms with Crippen LogP contribution in [0.15, 0.2) is 18.2 Å². The molecule has 0 unspecified atom stereocenters. The van der Waals surface area contributed by atoms with Crippen LogP contribution in [0.3, 0.4) is 0 Å². The van der Waals surface area contributed by atoms with Crippen LogP contribution < -0.4 is 4.74 Å². The van der Waals surface area contributed by atoms with E-state index in [0.717, 1.165) is 5.56 Å². The summed E-state index contributed by atoms with van der Waals surface area (Å²) < 4.78 is 37.5. The fraction of sp³-hybridized carbons (Fsp3) is 0.696. The van der Waals surface area contributed by atoms with Crippen LogP contribution in [0.1, 0.15) is 22.3 Å². The Balaban J connectivity index is 1.98. The number of ether oxygens (including phenoxy) is 7. The molecule has 10 nitrogen and oxygen atoms in total. The zero-order valence-corrected chi connectivity index (χ0v) is 19.5. The number of carboxylic acids is 1. The summed E-state index contributed by atoms with van der Waals surface area (Å²) in [6.07, 6.45) is 1.19. The van der Waals surface area contributed by atoms with Crippen molar-refractivity contribution in [3.05, 3.63) is 29.3 Å². The van der Waals surface area contributed by atoms with E-state index >= 15 is 0 Å². The molecule has 1 aromatic rings. The number of hydrogen-bond acceptors (Lipinski definition) is 9. The first-order valence-electron chi connectivity index (χ1n) is 11.2. The molecule has 0 radical (unpaired) electrons. The number of aryl methyl sites for hydroxylation is 1. The predicted octanol–water partition coefficient (Wildman–Crippen LogP) is 1.42. The average molecular weight is 475 g/mol. The summed E-state index contributed by atoms with van der Waals surface area (Å²) in [5, 5.41) is 18.2. The molecule has 0 saturated carbocycles. The molecule has 0 spiro atoms. The smallest absolute Gasteiger partial charge is 0.335 e. The van der Waals surface area contributed by atoms with Gasteiger partial charge in [0.15, 0.2) is 0 Å². The lowest BCUT2D eigenvalue weighted by Crippen LogP contribution is -2.15. The van der Waals surface area contributed by atoms with Crippen molar-refractivity contribution in [1.29, 1.82) is 0 Å². The third-order valence-electron chi connectivity index (χ3n) is 4.32. The highest BCUT2D eigenvalue weighted by Crippen LogP contribution is 2.22. The van der Waals surface area contributed by atoms with Crippen LogP contribution in [0.25, 0.3) is 0 Å². The van der Waals surface area contributed by atoms with E-state index in [1.165, 1.54) is 12.1 Å². The van der Waals surface area contributed by atoms with Crippen molar-refractivity contribution in [2.24, 2.45) is 0 Å². The van der Waals surface area contributed by atoms with Gasteiger partial charge in [0.25, 0.3) is 0 Å². The zero-order chi connectivity index (χ0) is 24.0. The number of hydrogen-bond donors (Lipinski definition) is 2. The minimum Gasteiger partial charge on any atom is -0.491 e. The topological polar surface area (TPSA) is 122 Å². The van der Waals surface area contributed by atoms with Crippen molar-refractivity contribution in [3.63, 3.8) is 0 Å². The Labute approximate surface area is 195 Å². The summed E-state index contributed by atoms with van der Waals surface area (Å²) in [4.78, 5) is 11.2. The molecule has 1 aromatic carbocycles. The normalized spacial score (nSPS) is 11.1. The van der Waals surface area contributed by atoms with Crippen LogP contribution >= 0.6 is 0 Å². The van der Waals surface area contributed by atoms with Gasteiger partial charge in [-0.2, -0.15) is 0 Å². The van der Waals surface area contributed by atoms with Gasteiger partial charge < -0.3 is 43.4 Å². The second-order valence-electron chi connectivity index (χ2n) is 6.86. The number of rotatable bonds is 23. The minimum absolute atomic E-state index is 0.0627. The van der Waals surface area contributed by atoms with E-state index in [4.69, 9.17) is 43.4 Å². The molecule has 0 aliphatic heterocycles. The Kier molecular flexibility index (Phi) is 18.4. The Morgan fingerprint density at radius 1 is 0.758 bits per heavy atom. The molecule has 0 aliphatic carbocycles. The minimum atomic E-state index is -1.01. The average Bonchev–Trinajstić information content (AvgIpc) is 2.82. The van der Waals surface area contributed by atoms with E-state index in [1.54, 1.807) is 13.2 Å². The van der Waals surface area contributed by atoms with E-state index in [0.29, 0.717) is 91.3 Å². The number of aromatic carboxylic acids is 1. The number of carboxylic acid groups (broad SMARTS) is 1. The Morgan fingerprint density at radius 3 is 1.70 bits per heavy atom. The van der Waals surface area contributed by atoms with Crippen LogP contribution in [0, 0.1) is 0 Å². The Morgan fingerprint density at radius 2 is 1.24 bits per heavy atom. The molecule has 0 saturated heterocycles. The molecule has 0 heterocycles. The van der Waals surface area contributed by atoms with Gasteiger partial charge in [0.2, 0.25) is 0 Å². The van der Waals surface area contributed by atoms with Gasteiger partial charge in [0.1, 0.15) is 12.4 Å². The summed E-state index contributed by atoms with van der Waals surface area (Å²) in [5.74, 6) is -0.510. The van der Waals surface area contributed by atoms with Gasteiger partial charge >= 0.3 is 5.97 Å². The van der Waals surface area contributed by atoms with Crippen LogP contribution in [0.4, 0.5) is 0 Å². The molecular formula is C23H38O10. The van der Waals surface area contributed by atoms with Crippen molar-refractivity contribution < 1.29 is 48.2 Å². The molecule has 33 heavy (non-hydrogen) atoms. The maximum atomic E-state index is 11.2. The van der Waals surface area contributed by atoms with Crippen LogP contribution in [-0.2, 0) is 34.8 Å². The van der Waals surface area contributed by atoms with Gasteiger partial charge in [0.05, 0.1) is 78.2 Å². The van der Waals surface area contributed by atoms with Crippen molar-refractivity contribution in [1.82, 2.24) is 0 Å².